The van der Waals surface area contributed by atoms with Crippen LogP contribution in [0.3, 0.4) is 0 Å². The normalized spacial score (nSPS) is 16.8. The van der Waals surface area contributed by atoms with E-state index in [1.807, 2.05) is 19.1 Å². The highest BCUT2D eigenvalue weighted by Gasteiger charge is 2.26. The van der Waals surface area contributed by atoms with Gasteiger partial charge in [-0.25, -0.2) is 13.4 Å². The van der Waals surface area contributed by atoms with E-state index in [0.29, 0.717) is 23.7 Å². The zero-order valence-electron chi connectivity index (χ0n) is 15.0. The van der Waals surface area contributed by atoms with Crippen LogP contribution >= 0.6 is 27.7 Å². The third-order valence-corrected chi connectivity index (χ3v) is 7.92. The van der Waals surface area contributed by atoms with Gasteiger partial charge in [-0.2, -0.15) is 4.31 Å². The second-order valence-corrected chi connectivity index (χ2v) is 10.6. The number of rotatable bonds is 6. The number of sulfonamides is 1. The van der Waals surface area contributed by atoms with E-state index in [-0.39, 0.29) is 15.9 Å². The number of carbonyl (C=O) groups is 1. The molecule has 2 heterocycles. The maximum atomic E-state index is 12.7. The van der Waals surface area contributed by atoms with E-state index in [2.05, 4.69) is 20.9 Å². The number of hydrogen-bond acceptors (Lipinski definition) is 5. The van der Waals surface area contributed by atoms with E-state index in [1.165, 1.54) is 22.3 Å². The van der Waals surface area contributed by atoms with E-state index in [1.54, 1.807) is 24.3 Å². The number of halogens is 1. The first-order chi connectivity index (χ1) is 12.9. The first-order valence-corrected chi connectivity index (χ1v) is 11.9. The largest absolute Gasteiger partial charge is 0.293 e. The van der Waals surface area contributed by atoms with Crippen LogP contribution in [0.25, 0.3) is 0 Å². The van der Waals surface area contributed by atoms with Gasteiger partial charge in [0.05, 0.1) is 10.3 Å². The number of hydrogen-bond donors (Lipinski definition) is 0. The molecule has 0 aliphatic carbocycles. The van der Waals surface area contributed by atoms with Crippen molar-refractivity contribution in [1.29, 1.82) is 0 Å². The second-order valence-electron chi connectivity index (χ2n) is 6.43. The predicted molar refractivity (Wildman–Crippen MR) is 111 cm³/mol. The molecule has 1 aliphatic heterocycles. The maximum absolute atomic E-state index is 12.7. The standard InChI is InChI=1S/C19H21BrN2O3S2/c1-14(19(23)15-5-7-16(20)8-6-15)26-18-10-9-17(13-21-18)27(24,25)22-11-3-2-4-12-22/h5-10,13-14H,2-4,11-12H2,1H3. The number of aromatic nitrogens is 1. The van der Waals surface area contributed by atoms with Gasteiger partial charge in [0, 0.05) is 29.3 Å². The van der Waals surface area contributed by atoms with Crippen molar-refractivity contribution in [3.63, 3.8) is 0 Å². The molecule has 5 nitrogen and oxygen atoms in total. The summed E-state index contributed by atoms with van der Waals surface area (Å²) in [5.74, 6) is 0.0133. The lowest BCUT2D eigenvalue weighted by atomic mass is 10.1. The van der Waals surface area contributed by atoms with E-state index in [9.17, 15) is 13.2 Å². The average Bonchev–Trinajstić information content (AvgIpc) is 2.69. The Morgan fingerprint density at radius 2 is 1.78 bits per heavy atom. The van der Waals surface area contributed by atoms with Crippen molar-refractivity contribution in [3.8, 4) is 0 Å². The zero-order valence-corrected chi connectivity index (χ0v) is 18.2. The van der Waals surface area contributed by atoms with Gasteiger partial charge in [-0.3, -0.25) is 4.79 Å². The van der Waals surface area contributed by atoms with Gasteiger partial charge in [0.15, 0.2) is 5.78 Å². The van der Waals surface area contributed by atoms with Crippen LogP contribution in [0, 0.1) is 0 Å². The first kappa shape index (κ1) is 20.5. The van der Waals surface area contributed by atoms with Crippen LogP contribution in [-0.2, 0) is 10.0 Å². The van der Waals surface area contributed by atoms with Crippen molar-refractivity contribution >= 4 is 43.5 Å². The molecular formula is C19H21BrN2O3S2. The number of pyridine rings is 1. The van der Waals surface area contributed by atoms with E-state index < -0.39 is 10.0 Å². The van der Waals surface area contributed by atoms with Crippen LogP contribution in [0.15, 0.2) is 57.0 Å². The predicted octanol–water partition coefficient (Wildman–Crippen LogP) is 4.38. The van der Waals surface area contributed by atoms with Gasteiger partial charge in [0.2, 0.25) is 10.0 Å². The summed E-state index contributed by atoms with van der Waals surface area (Å²) in [6, 6.07) is 10.5. The SMILES string of the molecule is CC(Sc1ccc(S(=O)(=O)N2CCCCC2)cn1)C(=O)c1ccc(Br)cc1. The second kappa shape index (κ2) is 8.86. The molecule has 1 aromatic heterocycles. The summed E-state index contributed by atoms with van der Waals surface area (Å²) in [4.78, 5) is 17.0. The molecule has 0 radical (unpaired) electrons. The minimum atomic E-state index is -3.48. The van der Waals surface area contributed by atoms with Gasteiger partial charge in [-0.05, 0) is 44.0 Å². The van der Waals surface area contributed by atoms with Crippen LogP contribution in [0.1, 0.15) is 36.5 Å². The fourth-order valence-corrected chi connectivity index (χ4v) is 5.52. The van der Waals surface area contributed by atoms with Gasteiger partial charge in [-0.1, -0.05) is 46.2 Å². The third-order valence-electron chi connectivity index (χ3n) is 4.46. The van der Waals surface area contributed by atoms with E-state index in [0.717, 1.165) is 23.7 Å². The zero-order chi connectivity index (χ0) is 19.4. The van der Waals surface area contributed by atoms with Gasteiger partial charge in [-0.15, -0.1) is 0 Å². The lowest BCUT2D eigenvalue weighted by molar-refractivity contribution is 0.0994. The summed E-state index contributed by atoms with van der Waals surface area (Å²) in [6.07, 6.45) is 4.26. The Morgan fingerprint density at radius 3 is 2.37 bits per heavy atom. The lowest BCUT2D eigenvalue weighted by Crippen LogP contribution is -2.35. The van der Waals surface area contributed by atoms with Gasteiger partial charge >= 0.3 is 0 Å². The summed E-state index contributed by atoms with van der Waals surface area (Å²) in [5, 5.41) is 0.314. The molecule has 3 rings (SSSR count). The molecule has 2 aromatic rings. The number of carbonyl (C=O) groups excluding carboxylic acids is 1. The molecule has 0 bridgehead atoms. The minimum Gasteiger partial charge on any atom is -0.293 e. The van der Waals surface area contributed by atoms with Crippen molar-refractivity contribution in [1.82, 2.24) is 9.29 Å². The molecule has 1 fully saturated rings. The Bertz CT molecular complexity index is 894. The first-order valence-electron chi connectivity index (χ1n) is 8.80. The molecule has 0 N–H and O–H groups in total. The minimum absolute atomic E-state index is 0.0133. The van der Waals surface area contributed by atoms with Crippen LogP contribution in [0.4, 0.5) is 0 Å². The smallest absolute Gasteiger partial charge is 0.244 e. The van der Waals surface area contributed by atoms with Gasteiger partial charge in [0.1, 0.15) is 4.90 Å². The molecule has 1 saturated heterocycles. The van der Waals surface area contributed by atoms with E-state index in [4.69, 9.17) is 0 Å². The molecule has 0 amide bonds. The summed E-state index contributed by atoms with van der Waals surface area (Å²) >= 11 is 4.68. The van der Waals surface area contributed by atoms with Crippen LogP contribution < -0.4 is 0 Å². The fourth-order valence-electron chi connectivity index (χ4n) is 2.93. The molecule has 1 unspecified atom stereocenters. The Morgan fingerprint density at radius 1 is 1.11 bits per heavy atom. The monoisotopic (exact) mass is 468 g/mol. The summed E-state index contributed by atoms with van der Waals surface area (Å²) < 4.78 is 27.8. The molecule has 1 aromatic carbocycles. The molecule has 1 atom stereocenters. The van der Waals surface area contributed by atoms with Crippen molar-refractivity contribution in [2.24, 2.45) is 0 Å². The molecular weight excluding hydrogens is 448 g/mol. The highest BCUT2D eigenvalue weighted by molar-refractivity contribution is 9.10. The highest BCUT2D eigenvalue weighted by Crippen LogP contribution is 2.26. The number of thioether (sulfide) groups is 1. The molecule has 144 valence electrons. The van der Waals surface area contributed by atoms with E-state index >= 15 is 0 Å². The Balaban J connectivity index is 1.68. The number of piperidine rings is 1. The maximum Gasteiger partial charge on any atom is 0.244 e. The summed E-state index contributed by atoms with van der Waals surface area (Å²) in [5.41, 5.74) is 0.641. The van der Waals surface area contributed by atoms with Crippen LogP contribution in [0.5, 0.6) is 0 Å². The number of ketones is 1. The molecule has 1 aliphatic rings. The topological polar surface area (TPSA) is 67.3 Å². The fraction of sp³-hybridized carbons (Fsp3) is 0.368. The van der Waals surface area contributed by atoms with Crippen molar-refractivity contribution < 1.29 is 13.2 Å². The van der Waals surface area contributed by atoms with Gasteiger partial charge < -0.3 is 0 Å². The summed E-state index contributed by atoms with van der Waals surface area (Å²) in [7, 11) is -3.48. The summed E-state index contributed by atoms with van der Waals surface area (Å²) in [6.45, 7) is 2.96. The Kier molecular flexibility index (Phi) is 6.73. The Hall–Kier alpha value is -1.22. The van der Waals surface area contributed by atoms with Crippen molar-refractivity contribution in [3.05, 3.63) is 52.6 Å². The molecule has 8 heteroatoms. The molecule has 0 saturated carbocycles. The van der Waals surface area contributed by atoms with Crippen LogP contribution in [-0.4, -0.2) is 41.8 Å². The quantitative estimate of drug-likeness (QED) is 0.464. The van der Waals surface area contributed by atoms with Crippen molar-refractivity contribution in [2.45, 2.75) is 41.4 Å². The lowest BCUT2D eigenvalue weighted by Gasteiger charge is -2.25. The number of nitrogens with zero attached hydrogens (tertiary/aromatic N) is 2. The Labute approximate surface area is 172 Å². The highest BCUT2D eigenvalue weighted by atomic mass is 79.9. The number of Topliss-reactive ketones (excluding diaryl/α,β-unsaturated/α-hetero) is 1. The van der Waals surface area contributed by atoms with Crippen LogP contribution in [0.2, 0.25) is 0 Å². The third kappa shape index (κ3) is 4.99. The molecule has 27 heavy (non-hydrogen) atoms. The average molecular weight is 469 g/mol. The van der Waals surface area contributed by atoms with Gasteiger partial charge in [0.25, 0.3) is 0 Å². The van der Waals surface area contributed by atoms with Crippen molar-refractivity contribution in [2.75, 3.05) is 13.1 Å². The number of benzene rings is 1. The molecule has 0 spiro atoms.